The fraction of sp³-hybridized carbons (Fsp3) is 0.400. The molecular weight excluding hydrogens is 300 g/mol. The van der Waals surface area contributed by atoms with E-state index in [1.807, 2.05) is 6.92 Å². The Morgan fingerprint density at radius 1 is 1.47 bits per heavy atom. The van der Waals surface area contributed by atoms with Gasteiger partial charge in [0.1, 0.15) is 0 Å². The van der Waals surface area contributed by atoms with Crippen LogP contribution in [0.15, 0.2) is 11.1 Å². The van der Waals surface area contributed by atoms with Crippen molar-refractivity contribution >= 4 is 43.9 Å². The first-order chi connectivity index (χ1) is 7.02. The molecule has 0 N–H and O–H groups in total. The third-order valence-corrected chi connectivity index (χ3v) is 4.93. The summed E-state index contributed by atoms with van der Waals surface area (Å²) in [7, 11) is 3.22. The predicted octanol–water partition coefficient (Wildman–Crippen LogP) is 4.32. The molecule has 1 rings (SSSR count). The lowest BCUT2D eigenvalue weighted by Gasteiger charge is -2.12. The van der Waals surface area contributed by atoms with E-state index in [1.54, 1.807) is 14.2 Å². The number of methoxy groups -OCH3 is 2. The Morgan fingerprint density at radius 3 is 2.33 bits per heavy atom. The molecule has 84 valence electrons. The predicted molar refractivity (Wildman–Crippen MR) is 68.4 cm³/mol. The first-order valence-electron chi connectivity index (χ1n) is 4.22. The van der Waals surface area contributed by atoms with Gasteiger partial charge in [-0.2, -0.15) is 0 Å². The number of thiophene rings is 1. The van der Waals surface area contributed by atoms with Crippen molar-refractivity contribution in [1.82, 2.24) is 0 Å². The summed E-state index contributed by atoms with van der Waals surface area (Å²) in [5.74, 6) is 0. The van der Waals surface area contributed by atoms with Crippen LogP contribution in [-0.2, 0) is 9.47 Å². The molecule has 15 heavy (non-hydrogen) atoms. The highest BCUT2D eigenvalue weighted by Gasteiger charge is 2.20. The van der Waals surface area contributed by atoms with Gasteiger partial charge in [0.05, 0.1) is 14.8 Å². The van der Waals surface area contributed by atoms with E-state index < -0.39 is 0 Å². The summed E-state index contributed by atoms with van der Waals surface area (Å²) in [4.78, 5) is 1.92. The van der Waals surface area contributed by atoms with Gasteiger partial charge in [0, 0.05) is 18.7 Å². The van der Waals surface area contributed by atoms with Crippen LogP contribution < -0.4 is 0 Å². The van der Waals surface area contributed by atoms with Gasteiger partial charge in [0.15, 0.2) is 6.29 Å². The van der Waals surface area contributed by atoms with Crippen LogP contribution in [0.3, 0.4) is 0 Å². The minimum Gasteiger partial charge on any atom is -0.351 e. The molecule has 0 unspecified atom stereocenters. The summed E-state index contributed by atoms with van der Waals surface area (Å²) >= 11 is 10.9. The fourth-order valence-corrected chi connectivity index (χ4v) is 3.49. The molecule has 0 saturated heterocycles. The van der Waals surface area contributed by atoms with Gasteiger partial charge in [-0.15, -0.1) is 11.3 Å². The molecule has 0 spiro atoms. The summed E-state index contributed by atoms with van der Waals surface area (Å²) < 4.78 is 11.4. The minimum absolute atomic E-state index is 0.351. The third-order valence-electron chi connectivity index (χ3n) is 2.00. The van der Waals surface area contributed by atoms with E-state index in [2.05, 4.69) is 22.5 Å². The average molecular weight is 312 g/mol. The Balaban J connectivity index is 3.20. The Bertz CT molecular complexity index is 372. The van der Waals surface area contributed by atoms with Crippen molar-refractivity contribution in [3.8, 4) is 0 Å². The van der Waals surface area contributed by atoms with E-state index in [0.717, 1.165) is 19.8 Å². The zero-order valence-corrected chi connectivity index (χ0v) is 11.9. The van der Waals surface area contributed by atoms with Gasteiger partial charge in [-0.25, -0.2) is 0 Å². The van der Waals surface area contributed by atoms with Crippen molar-refractivity contribution < 1.29 is 9.47 Å². The molecule has 5 heteroatoms. The molecule has 1 aromatic heterocycles. The molecule has 1 heterocycles. The molecule has 0 radical (unpaired) electrons. The average Bonchev–Trinajstić information content (AvgIpc) is 2.48. The minimum atomic E-state index is -0.351. The molecule has 0 aliphatic heterocycles. The maximum atomic E-state index is 5.89. The standard InChI is InChI=1S/C10H12BrClO2S/c1-5-7(11)9(6(2)12)15-8(5)10(13-3)14-4/h10H,2H2,1,3-4H3. The Labute approximate surface area is 107 Å². The molecule has 0 amide bonds. The Hall–Kier alpha value is 0.130. The van der Waals surface area contributed by atoms with Crippen LogP contribution in [0, 0.1) is 6.92 Å². The highest BCUT2D eigenvalue weighted by molar-refractivity contribution is 9.10. The molecule has 2 nitrogen and oxygen atoms in total. The maximum absolute atomic E-state index is 5.89. The zero-order chi connectivity index (χ0) is 11.6. The van der Waals surface area contributed by atoms with Gasteiger partial charge in [-0.05, 0) is 28.4 Å². The SMILES string of the molecule is C=C(Cl)c1sc(C(OC)OC)c(C)c1Br. The van der Waals surface area contributed by atoms with Gasteiger partial charge < -0.3 is 9.47 Å². The second kappa shape index (κ2) is 5.46. The number of hydrogen-bond acceptors (Lipinski definition) is 3. The van der Waals surface area contributed by atoms with Gasteiger partial charge in [-0.3, -0.25) is 0 Å². The van der Waals surface area contributed by atoms with Crippen molar-refractivity contribution in [3.63, 3.8) is 0 Å². The van der Waals surface area contributed by atoms with Crippen LogP contribution in [-0.4, -0.2) is 14.2 Å². The normalized spacial score (nSPS) is 11.1. The van der Waals surface area contributed by atoms with Crippen molar-refractivity contribution in [3.05, 3.63) is 26.4 Å². The molecule has 0 bridgehead atoms. The van der Waals surface area contributed by atoms with E-state index >= 15 is 0 Å². The van der Waals surface area contributed by atoms with Crippen LogP contribution in [0.1, 0.15) is 21.6 Å². The second-order valence-corrected chi connectivity index (χ2v) is 5.24. The molecule has 0 aromatic carbocycles. The molecule has 1 aromatic rings. The first-order valence-corrected chi connectivity index (χ1v) is 6.20. The van der Waals surface area contributed by atoms with Gasteiger partial charge in [0.2, 0.25) is 0 Å². The van der Waals surface area contributed by atoms with Crippen LogP contribution in [0.5, 0.6) is 0 Å². The zero-order valence-electron chi connectivity index (χ0n) is 8.77. The van der Waals surface area contributed by atoms with Crippen molar-refractivity contribution in [2.75, 3.05) is 14.2 Å². The quantitative estimate of drug-likeness (QED) is 0.771. The van der Waals surface area contributed by atoms with Crippen LogP contribution in [0.2, 0.25) is 0 Å². The maximum Gasteiger partial charge on any atom is 0.192 e. The van der Waals surface area contributed by atoms with E-state index in [4.69, 9.17) is 21.1 Å². The molecular formula is C10H12BrClO2S. The summed E-state index contributed by atoms with van der Waals surface area (Å²) in [6.07, 6.45) is -0.351. The first kappa shape index (κ1) is 13.2. The number of hydrogen-bond donors (Lipinski definition) is 0. The summed E-state index contributed by atoms with van der Waals surface area (Å²) in [6.45, 7) is 5.71. The lowest BCUT2D eigenvalue weighted by molar-refractivity contribution is -0.103. The van der Waals surface area contributed by atoms with E-state index in [0.29, 0.717) is 5.03 Å². The lowest BCUT2D eigenvalue weighted by Crippen LogP contribution is -2.02. The van der Waals surface area contributed by atoms with Crippen molar-refractivity contribution in [1.29, 1.82) is 0 Å². The summed E-state index contributed by atoms with van der Waals surface area (Å²) in [5.41, 5.74) is 1.07. The topological polar surface area (TPSA) is 18.5 Å². The van der Waals surface area contributed by atoms with E-state index in [1.165, 1.54) is 11.3 Å². The van der Waals surface area contributed by atoms with Gasteiger partial charge in [0.25, 0.3) is 0 Å². The molecule has 0 atom stereocenters. The third kappa shape index (κ3) is 2.63. The lowest BCUT2D eigenvalue weighted by atomic mass is 10.2. The van der Waals surface area contributed by atoms with Gasteiger partial charge >= 0.3 is 0 Å². The summed E-state index contributed by atoms with van der Waals surface area (Å²) in [5, 5.41) is 0.521. The van der Waals surface area contributed by atoms with Crippen LogP contribution in [0.4, 0.5) is 0 Å². The highest BCUT2D eigenvalue weighted by Crippen LogP contribution is 2.41. The number of halogens is 2. The molecule has 0 aliphatic carbocycles. The monoisotopic (exact) mass is 310 g/mol. The highest BCUT2D eigenvalue weighted by atomic mass is 79.9. The smallest absolute Gasteiger partial charge is 0.192 e. The number of ether oxygens (including phenoxy) is 2. The summed E-state index contributed by atoms with van der Waals surface area (Å²) in [6, 6.07) is 0. The van der Waals surface area contributed by atoms with Gasteiger partial charge in [-0.1, -0.05) is 18.2 Å². The number of rotatable bonds is 4. The Kier molecular flexibility index (Phi) is 4.80. The molecule has 0 aliphatic rings. The van der Waals surface area contributed by atoms with E-state index in [-0.39, 0.29) is 6.29 Å². The molecule has 0 fully saturated rings. The van der Waals surface area contributed by atoms with Crippen molar-refractivity contribution in [2.45, 2.75) is 13.2 Å². The Morgan fingerprint density at radius 2 is 2.00 bits per heavy atom. The fourth-order valence-electron chi connectivity index (χ4n) is 1.22. The second-order valence-electron chi connectivity index (χ2n) is 2.94. The van der Waals surface area contributed by atoms with Crippen molar-refractivity contribution in [2.24, 2.45) is 0 Å². The molecule has 0 saturated carbocycles. The largest absolute Gasteiger partial charge is 0.351 e. The van der Waals surface area contributed by atoms with Crippen LogP contribution in [0.25, 0.3) is 5.03 Å². The van der Waals surface area contributed by atoms with E-state index in [9.17, 15) is 0 Å². The van der Waals surface area contributed by atoms with Crippen LogP contribution >= 0.6 is 38.9 Å².